The number of hydrogen-bond acceptors (Lipinski definition) is 1. The molecule has 0 bridgehead atoms. The standard InChI is InChI=1S/C3H6BN/c4-2-1-3-5/h3,5H,1-2H2. The predicted molar refractivity (Wildman–Crippen MR) is 24.0 cm³/mol. The molecular formula is C3H6BN. The van der Waals surface area contributed by atoms with E-state index in [0.717, 1.165) is 0 Å². The molecule has 1 N–H and O–H groups in total. The summed E-state index contributed by atoms with van der Waals surface area (Å²) in [5.74, 6) is 0. The lowest BCUT2D eigenvalue weighted by Crippen LogP contribution is -1.67. The second-order valence-corrected chi connectivity index (χ2v) is 0.781. The lowest BCUT2D eigenvalue weighted by atomic mass is 10.0. The van der Waals surface area contributed by atoms with E-state index in [0.29, 0.717) is 12.7 Å². The van der Waals surface area contributed by atoms with E-state index in [1.54, 1.807) is 0 Å². The van der Waals surface area contributed by atoms with Crippen molar-refractivity contribution in [2.24, 2.45) is 0 Å². The minimum absolute atomic E-state index is 0.601. The van der Waals surface area contributed by atoms with Crippen LogP contribution in [0.1, 0.15) is 6.42 Å². The van der Waals surface area contributed by atoms with E-state index >= 15 is 0 Å². The Morgan fingerprint density at radius 2 is 2.40 bits per heavy atom. The first-order valence-corrected chi connectivity index (χ1v) is 1.61. The highest BCUT2D eigenvalue weighted by Crippen LogP contribution is 1.72. The van der Waals surface area contributed by atoms with E-state index in [1.165, 1.54) is 6.21 Å². The SMILES string of the molecule is [B]CCC=N. The van der Waals surface area contributed by atoms with Gasteiger partial charge in [-0.3, -0.25) is 0 Å². The van der Waals surface area contributed by atoms with E-state index in [9.17, 15) is 0 Å². The van der Waals surface area contributed by atoms with E-state index in [2.05, 4.69) is 0 Å². The second-order valence-electron chi connectivity index (χ2n) is 0.781. The molecule has 0 amide bonds. The molecule has 2 heteroatoms. The van der Waals surface area contributed by atoms with Crippen molar-refractivity contribution in [2.45, 2.75) is 12.7 Å². The van der Waals surface area contributed by atoms with Gasteiger partial charge >= 0.3 is 0 Å². The van der Waals surface area contributed by atoms with Gasteiger partial charge in [0.2, 0.25) is 0 Å². The van der Waals surface area contributed by atoms with E-state index in [-0.39, 0.29) is 0 Å². The summed E-state index contributed by atoms with van der Waals surface area (Å²) >= 11 is 0. The van der Waals surface area contributed by atoms with Crippen LogP contribution in [0.3, 0.4) is 0 Å². The highest BCUT2D eigenvalue weighted by Gasteiger charge is 1.63. The van der Waals surface area contributed by atoms with E-state index in [4.69, 9.17) is 13.3 Å². The molecule has 0 aliphatic rings. The van der Waals surface area contributed by atoms with Crippen LogP contribution >= 0.6 is 0 Å². The molecule has 1 nitrogen and oxygen atoms in total. The lowest BCUT2D eigenvalue weighted by molar-refractivity contribution is 1.28. The van der Waals surface area contributed by atoms with Crippen LogP contribution in [0, 0.1) is 5.41 Å². The van der Waals surface area contributed by atoms with E-state index < -0.39 is 0 Å². The summed E-state index contributed by atoms with van der Waals surface area (Å²) in [5, 5.41) is 6.40. The molecule has 0 saturated carbocycles. The first-order chi connectivity index (χ1) is 2.41. The third-order valence-electron chi connectivity index (χ3n) is 0.311. The zero-order valence-electron chi connectivity index (χ0n) is 3.07. The van der Waals surface area contributed by atoms with Crippen molar-refractivity contribution < 1.29 is 0 Å². The second kappa shape index (κ2) is 3.73. The smallest absolute Gasteiger partial charge is 0.0657 e. The quantitative estimate of drug-likeness (QED) is 0.361. The molecule has 0 rings (SSSR count). The number of nitrogens with one attached hydrogen (secondary N) is 1. The third kappa shape index (κ3) is 3.73. The van der Waals surface area contributed by atoms with Crippen LogP contribution in [0.25, 0.3) is 0 Å². The molecule has 0 aromatic rings. The van der Waals surface area contributed by atoms with Gasteiger partial charge in [-0.25, -0.2) is 0 Å². The van der Waals surface area contributed by atoms with Gasteiger partial charge < -0.3 is 5.41 Å². The van der Waals surface area contributed by atoms with Gasteiger partial charge in [0.05, 0.1) is 7.85 Å². The lowest BCUT2D eigenvalue weighted by Gasteiger charge is -1.71. The molecule has 0 aromatic carbocycles. The average Bonchev–Trinajstić information content (AvgIpc) is 1.41. The zero-order valence-corrected chi connectivity index (χ0v) is 3.07. The van der Waals surface area contributed by atoms with Crippen LogP contribution in [0.5, 0.6) is 0 Å². The van der Waals surface area contributed by atoms with Crippen LogP contribution in [-0.4, -0.2) is 14.1 Å². The molecule has 5 heavy (non-hydrogen) atoms. The maximum atomic E-state index is 6.40. The minimum atomic E-state index is 0.601. The first kappa shape index (κ1) is 4.73. The summed E-state index contributed by atoms with van der Waals surface area (Å²) in [4.78, 5) is 0. The van der Waals surface area contributed by atoms with Gasteiger partial charge in [0.1, 0.15) is 0 Å². The highest BCUT2D eigenvalue weighted by atomic mass is 14.3. The van der Waals surface area contributed by atoms with Crippen LogP contribution < -0.4 is 0 Å². The Balaban J connectivity index is 2.40. The maximum Gasteiger partial charge on any atom is 0.0657 e. The van der Waals surface area contributed by atoms with Crippen molar-refractivity contribution in [3.8, 4) is 0 Å². The van der Waals surface area contributed by atoms with Gasteiger partial charge in [0.15, 0.2) is 0 Å². The van der Waals surface area contributed by atoms with Crippen molar-refractivity contribution in [3.63, 3.8) is 0 Å². The summed E-state index contributed by atoms with van der Waals surface area (Å²) in [6.07, 6.45) is 2.61. The van der Waals surface area contributed by atoms with Gasteiger partial charge in [0, 0.05) is 0 Å². The van der Waals surface area contributed by atoms with Crippen molar-refractivity contribution in [2.75, 3.05) is 0 Å². The van der Waals surface area contributed by atoms with Crippen molar-refractivity contribution in [1.29, 1.82) is 5.41 Å². The van der Waals surface area contributed by atoms with Crippen LogP contribution in [-0.2, 0) is 0 Å². The fourth-order valence-electron chi connectivity index (χ4n) is 0.0833. The van der Waals surface area contributed by atoms with Gasteiger partial charge in [0.25, 0.3) is 0 Å². The molecule has 0 spiro atoms. The first-order valence-electron chi connectivity index (χ1n) is 1.61. The molecule has 0 aliphatic heterocycles. The topological polar surface area (TPSA) is 23.9 Å². The Morgan fingerprint density at radius 1 is 1.80 bits per heavy atom. The monoisotopic (exact) mass is 67.1 g/mol. The minimum Gasteiger partial charge on any atom is -0.313 e. The largest absolute Gasteiger partial charge is 0.313 e. The highest BCUT2D eigenvalue weighted by molar-refractivity contribution is 6.09. The molecule has 0 aromatic heterocycles. The molecule has 0 atom stereocenters. The van der Waals surface area contributed by atoms with Crippen LogP contribution in [0.2, 0.25) is 6.32 Å². The predicted octanol–water partition coefficient (Wildman–Crippen LogP) is 0.613. The molecule has 0 aliphatic carbocycles. The van der Waals surface area contributed by atoms with Crippen molar-refractivity contribution in [3.05, 3.63) is 0 Å². The molecule has 0 saturated heterocycles. The molecule has 2 radical (unpaired) electrons. The van der Waals surface area contributed by atoms with Crippen LogP contribution in [0.4, 0.5) is 0 Å². The summed E-state index contributed by atoms with van der Waals surface area (Å²) in [5.41, 5.74) is 0. The summed E-state index contributed by atoms with van der Waals surface area (Å²) in [6.45, 7) is 0. The van der Waals surface area contributed by atoms with E-state index in [1.807, 2.05) is 0 Å². The van der Waals surface area contributed by atoms with Gasteiger partial charge in [-0.15, -0.1) is 0 Å². The number of rotatable bonds is 2. The van der Waals surface area contributed by atoms with Gasteiger partial charge in [-0.2, -0.15) is 0 Å². The fraction of sp³-hybridized carbons (Fsp3) is 0.667. The Labute approximate surface area is 33.3 Å². The molecule has 0 heterocycles. The normalized spacial score (nSPS) is 7.20. The fourth-order valence-corrected chi connectivity index (χ4v) is 0.0833. The molecule has 0 fully saturated rings. The zero-order chi connectivity index (χ0) is 4.12. The third-order valence-corrected chi connectivity index (χ3v) is 0.311. The Morgan fingerprint density at radius 3 is 2.40 bits per heavy atom. The van der Waals surface area contributed by atoms with Crippen molar-refractivity contribution in [1.82, 2.24) is 0 Å². The van der Waals surface area contributed by atoms with Gasteiger partial charge in [-0.05, 0) is 12.6 Å². The van der Waals surface area contributed by atoms with Crippen molar-refractivity contribution >= 4 is 14.1 Å². The molecular weight excluding hydrogens is 60.9 g/mol. The van der Waals surface area contributed by atoms with Gasteiger partial charge in [-0.1, -0.05) is 6.32 Å². The maximum absolute atomic E-state index is 6.40. The Bertz CT molecular complexity index is 28.1. The molecule has 0 unspecified atom stereocenters. The van der Waals surface area contributed by atoms with Crippen LogP contribution in [0.15, 0.2) is 0 Å². The summed E-state index contributed by atoms with van der Waals surface area (Å²) in [7, 11) is 4.99. The Kier molecular flexibility index (Phi) is 3.54. The summed E-state index contributed by atoms with van der Waals surface area (Å²) in [6, 6.07) is 0. The Hall–Kier alpha value is -0.265. The summed E-state index contributed by atoms with van der Waals surface area (Å²) < 4.78 is 0. The molecule has 26 valence electrons. The number of hydrogen-bond donors (Lipinski definition) is 1. The average molecular weight is 66.9 g/mol.